The minimum atomic E-state index is 0.524. The average molecular weight is 372 g/mol. The fourth-order valence-corrected chi connectivity index (χ4v) is 4.20. The number of aromatic nitrogens is 3. The van der Waals surface area contributed by atoms with Crippen molar-refractivity contribution in [2.75, 3.05) is 29.9 Å². The Bertz CT molecular complexity index is 1000. The second-order valence-electron chi connectivity index (χ2n) is 7.54. The number of nitrogens with two attached hydrogens (primary N) is 1. The van der Waals surface area contributed by atoms with E-state index in [4.69, 9.17) is 10.7 Å². The van der Waals surface area contributed by atoms with Crippen molar-refractivity contribution in [3.63, 3.8) is 0 Å². The van der Waals surface area contributed by atoms with Gasteiger partial charge in [0.25, 0.3) is 0 Å². The van der Waals surface area contributed by atoms with Gasteiger partial charge in [0.15, 0.2) is 5.82 Å². The standard InChI is InChI=1S/C22H24N6/c23-7-3-17-13-24-8-4-15(17)11-19-12-16(5-9-25-19)20-1-2-21-22(27-20)26-18-6-10-28(21)14-18/h1-2,4-5,8-9,12-13,18H,3,6-7,10-11,14,23H2,(H,26,27)/t18-/m0/s1. The summed E-state index contributed by atoms with van der Waals surface area (Å²) in [6, 6.07) is 11.1. The second-order valence-corrected chi connectivity index (χ2v) is 7.54. The van der Waals surface area contributed by atoms with Crippen LogP contribution in [0.4, 0.5) is 11.5 Å². The Morgan fingerprint density at radius 3 is 3.04 bits per heavy atom. The molecule has 5 heterocycles. The lowest BCUT2D eigenvalue weighted by Crippen LogP contribution is -2.32. The lowest BCUT2D eigenvalue weighted by atomic mass is 10.0. The van der Waals surface area contributed by atoms with E-state index in [2.05, 4.69) is 44.5 Å². The van der Waals surface area contributed by atoms with E-state index < -0.39 is 0 Å². The van der Waals surface area contributed by atoms with E-state index in [1.807, 2.05) is 24.7 Å². The zero-order valence-electron chi connectivity index (χ0n) is 15.8. The first kappa shape index (κ1) is 17.1. The molecule has 5 rings (SSSR count). The fraction of sp³-hybridized carbons (Fsp3) is 0.318. The summed E-state index contributed by atoms with van der Waals surface area (Å²) in [5, 5.41) is 3.59. The minimum absolute atomic E-state index is 0.524. The predicted octanol–water partition coefficient (Wildman–Crippen LogP) is 2.63. The van der Waals surface area contributed by atoms with Gasteiger partial charge in [0.1, 0.15) is 0 Å². The SMILES string of the molecule is NCCc1cnccc1Cc1cc(-c2ccc3c(n2)N[C@H]2CCN3C2)ccn1. The molecule has 142 valence electrons. The number of anilines is 2. The van der Waals surface area contributed by atoms with Crippen LogP contribution in [0.3, 0.4) is 0 Å². The van der Waals surface area contributed by atoms with Gasteiger partial charge in [-0.15, -0.1) is 0 Å². The van der Waals surface area contributed by atoms with Crippen molar-refractivity contribution in [1.29, 1.82) is 0 Å². The van der Waals surface area contributed by atoms with E-state index in [0.29, 0.717) is 12.6 Å². The molecule has 0 spiro atoms. The van der Waals surface area contributed by atoms with Crippen molar-refractivity contribution < 1.29 is 0 Å². The molecule has 2 aliphatic heterocycles. The molecule has 0 unspecified atom stereocenters. The van der Waals surface area contributed by atoms with Gasteiger partial charge in [-0.1, -0.05) is 0 Å². The molecule has 1 saturated heterocycles. The average Bonchev–Trinajstić information content (AvgIpc) is 3.11. The van der Waals surface area contributed by atoms with E-state index >= 15 is 0 Å². The van der Waals surface area contributed by atoms with Crippen LogP contribution in [0.1, 0.15) is 23.2 Å². The molecule has 0 aliphatic carbocycles. The molecule has 3 aromatic heterocycles. The normalized spacial score (nSPS) is 17.3. The lowest BCUT2D eigenvalue weighted by molar-refractivity contribution is 0.788. The highest BCUT2D eigenvalue weighted by atomic mass is 15.3. The number of pyridine rings is 3. The molecule has 28 heavy (non-hydrogen) atoms. The van der Waals surface area contributed by atoms with Gasteiger partial charge in [0.05, 0.1) is 11.4 Å². The van der Waals surface area contributed by atoms with Crippen molar-refractivity contribution in [2.24, 2.45) is 5.73 Å². The monoisotopic (exact) mass is 372 g/mol. The van der Waals surface area contributed by atoms with E-state index in [1.54, 1.807) is 0 Å². The quantitative estimate of drug-likeness (QED) is 0.717. The molecule has 6 nitrogen and oxygen atoms in total. The number of fused-ring (bicyclic) bond motifs is 4. The molecule has 1 fully saturated rings. The summed E-state index contributed by atoms with van der Waals surface area (Å²) in [6.07, 6.45) is 8.40. The maximum atomic E-state index is 5.74. The minimum Gasteiger partial charge on any atom is -0.366 e. The smallest absolute Gasteiger partial charge is 0.150 e. The van der Waals surface area contributed by atoms with Gasteiger partial charge in [-0.3, -0.25) is 9.97 Å². The highest BCUT2D eigenvalue weighted by Gasteiger charge is 2.30. The first-order chi connectivity index (χ1) is 13.8. The van der Waals surface area contributed by atoms with Crippen LogP contribution in [0.5, 0.6) is 0 Å². The van der Waals surface area contributed by atoms with E-state index in [-0.39, 0.29) is 0 Å². The van der Waals surface area contributed by atoms with Crippen molar-refractivity contribution in [3.05, 3.63) is 65.7 Å². The van der Waals surface area contributed by atoms with Gasteiger partial charge in [-0.2, -0.15) is 0 Å². The second kappa shape index (κ2) is 7.20. The maximum absolute atomic E-state index is 5.74. The topological polar surface area (TPSA) is 80.0 Å². The summed E-state index contributed by atoms with van der Waals surface area (Å²) >= 11 is 0. The molecule has 2 aliphatic rings. The first-order valence-electron chi connectivity index (χ1n) is 9.90. The van der Waals surface area contributed by atoms with Crippen LogP contribution in [-0.2, 0) is 12.8 Å². The zero-order valence-corrected chi connectivity index (χ0v) is 15.8. The Hall–Kier alpha value is -2.99. The predicted molar refractivity (Wildman–Crippen MR) is 112 cm³/mol. The van der Waals surface area contributed by atoms with Gasteiger partial charge in [0, 0.05) is 55.4 Å². The van der Waals surface area contributed by atoms with Gasteiger partial charge < -0.3 is 16.0 Å². The van der Waals surface area contributed by atoms with Crippen LogP contribution in [0.15, 0.2) is 48.9 Å². The number of hydrogen-bond donors (Lipinski definition) is 2. The Balaban J connectivity index is 1.43. The van der Waals surface area contributed by atoms with Gasteiger partial charge in [0.2, 0.25) is 0 Å². The molecule has 0 radical (unpaired) electrons. The van der Waals surface area contributed by atoms with Crippen molar-refractivity contribution in [3.8, 4) is 11.3 Å². The third kappa shape index (κ3) is 3.20. The maximum Gasteiger partial charge on any atom is 0.150 e. The van der Waals surface area contributed by atoms with Crippen molar-refractivity contribution >= 4 is 11.5 Å². The number of nitrogens with zero attached hydrogens (tertiary/aromatic N) is 4. The van der Waals surface area contributed by atoms with Crippen molar-refractivity contribution in [2.45, 2.75) is 25.3 Å². The van der Waals surface area contributed by atoms with Gasteiger partial charge >= 0.3 is 0 Å². The number of rotatable bonds is 5. The van der Waals surface area contributed by atoms with Crippen LogP contribution in [-0.4, -0.2) is 40.6 Å². The van der Waals surface area contributed by atoms with Crippen LogP contribution < -0.4 is 16.0 Å². The van der Waals surface area contributed by atoms with E-state index in [1.165, 1.54) is 23.2 Å². The molecule has 3 N–H and O–H groups in total. The molecule has 6 heteroatoms. The molecule has 2 bridgehead atoms. The van der Waals surface area contributed by atoms with Crippen molar-refractivity contribution in [1.82, 2.24) is 15.0 Å². The summed E-state index contributed by atoms with van der Waals surface area (Å²) in [5.74, 6) is 1.00. The van der Waals surface area contributed by atoms with Crippen LogP contribution in [0.25, 0.3) is 11.3 Å². The Morgan fingerprint density at radius 1 is 1.14 bits per heavy atom. The molecule has 0 saturated carbocycles. The van der Waals surface area contributed by atoms with Crippen LogP contribution in [0, 0.1) is 0 Å². The summed E-state index contributed by atoms with van der Waals surface area (Å²) in [6.45, 7) is 2.82. The Labute approximate surface area is 164 Å². The van der Waals surface area contributed by atoms with Crippen LogP contribution >= 0.6 is 0 Å². The molecule has 0 amide bonds. The summed E-state index contributed by atoms with van der Waals surface area (Å²) < 4.78 is 0. The zero-order chi connectivity index (χ0) is 18.9. The Morgan fingerprint density at radius 2 is 2.11 bits per heavy atom. The first-order valence-corrected chi connectivity index (χ1v) is 9.90. The Kier molecular flexibility index (Phi) is 4.41. The summed E-state index contributed by atoms with van der Waals surface area (Å²) in [7, 11) is 0. The largest absolute Gasteiger partial charge is 0.366 e. The number of hydrogen-bond acceptors (Lipinski definition) is 6. The molecule has 1 atom stereocenters. The molecular weight excluding hydrogens is 348 g/mol. The third-order valence-electron chi connectivity index (χ3n) is 5.65. The summed E-state index contributed by atoms with van der Waals surface area (Å²) in [4.78, 5) is 16.1. The molecule has 3 aromatic rings. The van der Waals surface area contributed by atoms with Gasteiger partial charge in [-0.25, -0.2) is 4.98 Å². The summed E-state index contributed by atoms with van der Waals surface area (Å²) in [5.41, 5.74) is 12.5. The van der Waals surface area contributed by atoms with Crippen LogP contribution in [0.2, 0.25) is 0 Å². The number of nitrogens with one attached hydrogen (secondary N) is 1. The fourth-order valence-electron chi connectivity index (χ4n) is 4.20. The molecular formula is C22H24N6. The highest BCUT2D eigenvalue weighted by molar-refractivity contribution is 5.74. The highest BCUT2D eigenvalue weighted by Crippen LogP contribution is 2.35. The van der Waals surface area contributed by atoms with Gasteiger partial charge in [-0.05, 0) is 60.8 Å². The third-order valence-corrected chi connectivity index (χ3v) is 5.65. The van der Waals surface area contributed by atoms with E-state index in [0.717, 1.165) is 48.7 Å². The lowest BCUT2D eigenvalue weighted by Gasteiger charge is -2.28. The van der Waals surface area contributed by atoms with E-state index in [9.17, 15) is 0 Å². The molecule has 0 aromatic carbocycles.